The van der Waals surface area contributed by atoms with Crippen molar-refractivity contribution in [2.24, 2.45) is 0 Å². The summed E-state index contributed by atoms with van der Waals surface area (Å²) in [6.07, 6.45) is 3.52. The molecule has 3 N–H and O–H groups in total. The summed E-state index contributed by atoms with van der Waals surface area (Å²) in [5.41, 5.74) is 6.17. The molecule has 0 spiro atoms. The molecular formula is C12H13N3O3. The Morgan fingerprint density at radius 3 is 2.94 bits per heavy atom. The molecule has 2 rings (SSSR count). The molecule has 1 heterocycles. The molecular weight excluding hydrogens is 234 g/mol. The van der Waals surface area contributed by atoms with Gasteiger partial charge in [0.25, 0.3) is 0 Å². The zero-order chi connectivity index (χ0) is 13.0. The highest BCUT2D eigenvalue weighted by atomic mass is 16.5. The molecule has 0 aliphatic heterocycles. The first kappa shape index (κ1) is 12.0. The topological polar surface area (TPSA) is 90.4 Å². The maximum absolute atomic E-state index is 10.7. The molecule has 0 aliphatic carbocycles. The number of hydrogen-bond donors (Lipinski definition) is 2. The van der Waals surface area contributed by atoms with Gasteiger partial charge in [-0.15, -0.1) is 0 Å². The summed E-state index contributed by atoms with van der Waals surface area (Å²) < 4.78 is 7.20. The lowest BCUT2D eigenvalue weighted by atomic mass is 10.2. The van der Waals surface area contributed by atoms with Crippen molar-refractivity contribution in [3.63, 3.8) is 0 Å². The van der Waals surface area contributed by atoms with E-state index in [9.17, 15) is 4.79 Å². The molecule has 1 aromatic heterocycles. The first-order chi connectivity index (χ1) is 8.66. The van der Waals surface area contributed by atoms with Gasteiger partial charge in [-0.2, -0.15) is 5.10 Å². The van der Waals surface area contributed by atoms with Gasteiger partial charge in [0.1, 0.15) is 12.4 Å². The summed E-state index contributed by atoms with van der Waals surface area (Å²) in [7, 11) is 0. The number of nitrogens with zero attached hydrogens (tertiary/aromatic N) is 2. The lowest BCUT2D eigenvalue weighted by Gasteiger charge is -2.09. The first-order valence-corrected chi connectivity index (χ1v) is 5.40. The quantitative estimate of drug-likeness (QED) is 0.776. The second-order valence-electron chi connectivity index (χ2n) is 3.68. The van der Waals surface area contributed by atoms with Crippen LogP contribution in [0.25, 0.3) is 0 Å². The Balaban J connectivity index is 1.95. The van der Waals surface area contributed by atoms with Crippen LogP contribution in [0.5, 0.6) is 5.75 Å². The third-order valence-electron chi connectivity index (χ3n) is 2.39. The minimum absolute atomic E-state index is 0.145. The lowest BCUT2D eigenvalue weighted by molar-refractivity contribution is 0.0697. The van der Waals surface area contributed by atoms with E-state index in [0.717, 1.165) is 0 Å². The smallest absolute Gasteiger partial charge is 0.335 e. The van der Waals surface area contributed by atoms with E-state index in [1.807, 2.05) is 12.3 Å². The molecule has 0 aliphatic rings. The van der Waals surface area contributed by atoms with Crippen LogP contribution in [0, 0.1) is 0 Å². The molecule has 94 valence electrons. The van der Waals surface area contributed by atoms with Gasteiger partial charge >= 0.3 is 5.97 Å². The summed E-state index contributed by atoms with van der Waals surface area (Å²) in [6, 6.07) is 6.23. The van der Waals surface area contributed by atoms with E-state index in [1.165, 1.54) is 12.1 Å². The van der Waals surface area contributed by atoms with E-state index >= 15 is 0 Å². The summed E-state index contributed by atoms with van der Waals surface area (Å²) in [4.78, 5) is 10.7. The number of carboxylic acids is 1. The number of nitrogen functional groups attached to an aromatic ring is 1. The standard InChI is InChI=1S/C12H13N3O3/c13-10-8-9(12(16)17)2-3-11(10)18-7-6-15-5-1-4-14-15/h1-5,8H,6-7,13H2,(H,16,17). The van der Waals surface area contributed by atoms with Crippen LogP contribution in [0.2, 0.25) is 0 Å². The van der Waals surface area contributed by atoms with E-state index in [2.05, 4.69) is 5.10 Å². The SMILES string of the molecule is Nc1cc(C(=O)O)ccc1OCCn1cccn1. The summed E-state index contributed by atoms with van der Waals surface area (Å²) in [6.45, 7) is 1.02. The third-order valence-corrected chi connectivity index (χ3v) is 2.39. The van der Waals surface area contributed by atoms with Gasteiger partial charge < -0.3 is 15.6 Å². The number of ether oxygens (including phenoxy) is 1. The Labute approximate surface area is 104 Å². The predicted molar refractivity (Wildman–Crippen MR) is 65.5 cm³/mol. The number of carbonyl (C=O) groups is 1. The molecule has 6 nitrogen and oxygen atoms in total. The van der Waals surface area contributed by atoms with Gasteiger partial charge in [-0.25, -0.2) is 4.79 Å². The van der Waals surface area contributed by atoms with Crippen LogP contribution in [0.1, 0.15) is 10.4 Å². The Bertz CT molecular complexity index is 538. The summed E-state index contributed by atoms with van der Waals surface area (Å²) in [5, 5.41) is 12.8. The van der Waals surface area contributed by atoms with Crippen molar-refractivity contribution < 1.29 is 14.6 Å². The molecule has 18 heavy (non-hydrogen) atoms. The average molecular weight is 247 g/mol. The summed E-state index contributed by atoms with van der Waals surface area (Å²) >= 11 is 0. The van der Waals surface area contributed by atoms with Crippen LogP contribution >= 0.6 is 0 Å². The molecule has 1 aromatic carbocycles. The fourth-order valence-corrected chi connectivity index (χ4v) is 1.49. The maximum atomic E-state index is 10.7. The lowest BCUT2D eigenvalue weighted by Crippen LogP contribution is -2.09. The Morgan fingerprint density at radius 1 is 1.50 bits per heavy atom. The van der Waals surface area contributed by atoms with Crippen molar-refractivity contribution in [3.8, 4) is 5.75 Å². The number of anilines is 1. The van der Waals surface area contributed by atoms with Gasteiger partial charge in [-0.05, 0) is 24.3 Å². The minimum atomic E-state index is -1.01. The van der Waals surface area contributed by atoms with Crippen LogP contribution in [-0.2, 0) is 6.54 Å². The molecule has 0 amide bonds. The molecule has 0 bridgehead atoms. The van der Waals surface area contributed by atoms with E-state index in [4.69, 9.17) is 15.6 Å². The maximum Gasteiger partial charge on any atom is 0.335 e. The molecule has 0 fully saturated rings. The van der Waals surface area contributed by atoms with Gasteiger partial charge in [0.2, 0.25) is 0 Å². The summed E-state index contributed by atoms with van der Waals surface area (Å²) in [5.74, 6) is -0.531. The highest BCUT2D eigenvalue weighted by Gasteiger charge is 2.06. The van der Waals surface area contributed by atoms with Gasteiger partial charge in [0.15, 0.2) is 0 Å². The van der Waals surface area contributed by atoms with Gasteiger partial charge in [0, 0.05) is 12.4 Å². The van der Waals surface area contributed by atoms with Crippen LogP contribution in [0.15, 0.2) is 36.7 Å². The zero-order valence-electron chi connectivity index (χ0n) is 9.61. The number of rotatable bonds is 5. The molecule has 0 radical (unpaired) electrons. The van der Waals surface area contributed by atoms with Crippen molar-refractivity contribution in [2.75, 3.05) is 12.3 Å². The van der Waals surface area contributed by atoms with E-state index in [-0.39, 0.29) is 5.56 Å². The van der Waals surface area contributed by atoms with Crippen molar-refractivity contribution in [1.82, 2.24) is 9.78 Å². The molecule has 0 atom stereocenters. The number of aromatic carboxylic acids is 1. The number of nitrogens with two attached hydrogens (primary N) is 1. The van der Waals surface area contributed by atoms with Gasteiger partial charge in [-0.1, -0.05) is 0 Å². The monoisotopic (exact) mass is 247 g/mol. The largest absolute Gasteiger partial charge is 0.489 e. The molecule has 0 saturated carbocycles. The Kier molecular flexibility index (Phi) is 3.47. The molecule has 6 heteroatoms. The molecule has 2 aromatic rings. The number of benzene rings is 1. The van der Waals surface area contributed by atoms with Crippen LogP contribution in [-0.4, -0.2) is 27.5 Å². The third kappa shape index (κ3) is 2.79. The second-order valence-corrected chi connectivity index (χ2v) is 3.68. The van der Waals surface area contributed by atoms with Gasteiger partial charge in [-0.3, -0.25) is 4.68 Å². The average Bonchev–Trinajstić information content (AvgIpc) is 2.84. The van der Waals surface area contributed by atoms with Crippen LogP contribution in [0.3, 0.4) is 0 Å². The van der Waals surface area contributed by atoms with Crippen molar-refractivity contribution in [2.45, 2.75) is 6.54 Å². The van der Waals surface area contributed by atoms with Crippen molar-refractivity contribution in [1.29, 1.82) is 0 Å². The number of aromatic nitrogens is 2. The Morgan fingerprint density at radius 2 is 2.33 bits per heavy atom. The zero-order valence-corrected chi connectivity index (χ0v) is 9.61. The predicted octanol–water partition coefficient (Wildman–Crippen LogP) is 1.24. The van der Waals surface area contributed by atoms with E-state index in [0.29, 0.717) is 24.6 Å². The highest BCUT2D eigenvalue weighted by molar-refractivity contribution is 5.89. The fourth-order valence-electron chi connectivity index (χ4n) is 1.49. The second kappa shape index (κ2) is 5.22. The minimum Gasteiger partial charge on any atom is -0.489 e. The normalized spacial score (nSPS) is 10.2. The van der Waals surface area contributed by atoms with Crippen molar-refractivity contribution in [3.05, 3.63) is 42.2 Å². The Hall–Kier alpha value is -2.50. The molecule has 0 saturated heterocycles. The van der Waals surface area contributed by atoms with E-state index < -0.39 is 5.97 Å². The van der Waals surface area contributed by atoms with Crippen LogP contribution < -0.4 is 10.5 Å². The van der Waals surface area contributed by atoms with Crippen LogP contribution in [0.4, 0.5) is 5.69 Å². The van der Waals surface area contributed by atoms with Crippen molar-refractivity contribution >= 4 is 11.7 Å². The first-order valence-electron chi connectivity index (χ1n) is 5.40. The molecule has 0 unspecified atom stereocenters. The van der Waals surface area contributed by atoms with E-state index in [1.54, 1.807) is 16.9 Å². The number of carboxylic acid groups (broad SMARTS) is 1. The fraction of sp³-hybridized carbons (Fsp3) is 0.167. The van der Waals surface area contributed by atoms with Gasteiger partial charge in [0.05, 0.1) is 17.8 Å². The highest BCUT2D eigenvalue weighted by Crippen LogP contribution is 2.22. The number of hydrogen-bond acceptors (Lipinski definition) is 4.